The first-order valence-electron chi connectivity index (χ1n) is 7.17. The van der Waals surface area contributed by atoms with Gasteiger partial charge in [0.05, 0.1) is 0 Å². The number of hydrogen-bond donors (Lipinski definition) is 1. The summed E-state index contributed by atoms with van der Waals surface area (Å²) in [6.45, 7) is 17.9. The molecular weight excluding hydrogens is 208 g/mol. The molecule has 1 aliphatic heterocycles. The van der Waals surface area contributed by atoms with Crippen LogP contribution in [0.2, 0.25) is 0 Å². The van der Waals surface area contributed by atoms with E-state index in [4.69, 9.17) is 0 Å². The lowest BCUT2D eigenvalue weighted by atomic mass is 9.84. The van der Waals surface area contributed by atoms with E-state index in [1.165, 1.54) is 19.5 Å². The molecule has 0 aromatic carbocycles. The molecule has 3 unspecified atom stereocenters. The van der Waals surface area contributed by atoms with Gasteiger partial charge in [0.1, 0.15) is 0 Å². The summed E-state index contributed by atoms with van der Waals surface area (Å²) in [5.74, 6) is 0.934. The van der Waals surface area contributed by atoms with Crippen molar-refractivity contribution in [2.75, 3.05) is 19.6 Å². The predicted molar refractivity (Wildman–Crippen MR) is 74.2 cm³/mol. The Morgan fingerprint density at radius 1 is 1.29 bits per heavy atom. The first-order valence-corrected chi connectivity index (χ1v) is 7.17. The summed E-state index contributed by atoms with van der Waals surface area (Å²) in [5, 5.41) is 3.71. The zero-order valence-corrected chi connectivity index (χ0v) is 12.5. The minimum absolute atomic E-state index is 0.372. The molecule has 1 aliphatic carbocycles. The van der Waals surface area contributed by atoms with Gasteiger partial charge in [0.25, 0.3) is 0 Å². The monoisotopic (exact) mass is 238 g/mol. The van der Waals surface area contributed by atoms with Crippen molar-refractivity contribution >= 4 is 0 Å². The smallest absolute Gasteiger partial charge is 0.0244 e. The highest BCUT2D eigenvalue weighted by molar-refractivity contribution is 4.99. The molecular formula is C15H30N2. The summed E-state index contributed by atoms with van der Waals surface area (Å²) < 4.78 is 0. The summed E-state index contributed by atoms with van der Waals surface area (Å²) in [7, 11) is 0. The van der Waals surface area contributed by atoms with E-state index in [9.17, 15) is 0 Å². The van der Waals surface area contributed by atoms with Gasteiger partial charge in [-0.25, -0.2) is 0 Å². The Labute approximate surface area is 107 Å². The normalized spacial score (nSPS) is 38.1. The third kappa shape index (κ3) is 3.03. The standard InChI is InChI=1S/C15H30N2/c1-11-8-16-13(14(2,3)4)10-17(11)9-12-7-15(12,5)6/h11-13,16H,7-10H2,1-6H3. The van der Waals surface area contributed by atoms with Crippen LogP contribution in [-0.2, 0) is 0 Å². The molecule has 0 aromatic rings. The van der Waals surface area contributed by atoms with E-state index in [1.54, 1.807) is 0 Å². The molecule has 0 bridgehead atoms. The van der Waals surface area contributed by atoms with Crippen LogP contribution in [0.25, 0.3) is 0 Å². The van der Waals surface area contributed by atoms with E-state index in [0.29, 0.717) is 22.9 Å². The Morgan fingerprint density at radius 2 is 1.88 bits per heavy atom. The van der Waals surface area contributed by atoms with Gasteiger partial charge >= 0.3 is 0 Å². The van der Waals surface area contributed by atoms with Crippen LogP contribution >= 0.6 is 0 Å². The minimum atomic E-state index is 0.372. The lowest BCUT2D eigenvalue weighted by molar-refractivity contribution is 0.0867. The molecule has 1 saturated heterocycles. The van der Waals surface area contributed by atoms with Crippen LogP contribution in [0.15, 0.2) is 0 Å². The largest absolute Gasteiger partial charge is 0.311 e. The molecule has 2 rings (SSSR count). The molecule has 2 nitrogen and oxygen atoms in total. The zero-order valence-electron chi connectivity index (χ0n) is 12.5. The molecule has 0 radical (unpaired) electrons. The maximum Gasteiger partial charge on any atom is 0.0244 e. The summed E-state index contributed by atoms with van der Waals surface area (Å²) in [5.41, 5.74) is 0.985. The Kier molecular flexibility index (Phi) is 3.33. The topological polar surface area (TPSA) is 15.3 Å². The number of nitrogens with zero attached hydrogens (tertiary/aromatic N) is 1. The van der Waals surface area contributed by atoms with Gasteiger partial charge in [-0.3, -0.25) is 4.90 Å². The van der Waals surface area contributed by atoms with E-state index in [2.05, 4.69) is 51.8 Å². The van der Waals surface area contributed by atoms with Gasteiger partial charge in [0, 0.05) is 31.7 Å². The Hall–Kier alpha value is -0.0800. The van der Waals surface area contributed by atoms with Crippen molar-refractivity contribution in [1.29, 1.82) is 0 Å². The van der Waals surface area contributed by atoms with Crippen LogP contribution in [0.4, 0.5) is 0 Å². The van der Waals surface area contributed by atoms with Crippen molar-refractivity contribution in [3.63, 3.8) is 0 Å². The Bertz CT molecular complexity index is 277. The van der Waals surface area contributed by atoms with E-state index >= 15 is 0 Å². The van der Waals surface area contributed by atoms with Gasteiger partial charge in [-0.05, 0) is 30.1 Å². The quantitative estimate of drug-likeness (QED) is 0.796. The maximum absolute atomic E-state index is 3.71. The van der Waals surface area contributed by atoms with Crippen LogP contribution in [0.3, 0.4) is 0 Å². The average Bonchev–Trinajstić information content (AvgIpc) is 2.75. The highest BCUT2D eigenvalue weighted by Crippen LogP contribution is 2.52. The van der Waals surface area contributed by atoms with Gasteiger partial charge in [0.2, 0.25) is 0 Å². The van der Waals surface area contributed by atoms with E-state index in [1.807, 2.05) is 0 Å². The lowest BCUT2D eigenvalue weighted by Gasteiger charge is -2.44. The molecule has 1 saturated carbocycles. The number of piperazine rings is 1. The van der Waals surface area contributed by atoms with Crippen LogP contribution < -0.4 is 5.32 Å². The second-order valence-electron chi connectivity index (χ2n) is 8.02. The first-order chi connectivity index (χ1) is 7.70. The van der Waals surface area contributed by atoms with E-state index in [-0.39, 0.29) is 0 Å². The minimum Gasteiger partial charge on any atom is -0.311 e. The summed E-state index contributed by atoms with van der Waals surface area (Å²) in [6, 6.07) is 1.34. The van der Waals surface area contributed by atoms with Crippen molar-refractivity contribution in [1.82, 2.24) is 10.2 Å². The summed E-state index contributed by atoms with van der Waals surface area (Å²) in [4.78, 5) is 2.71. The van der Waals surface area contributed by atoms with E-state index < -0.39 is 0 Å². The Balaban J connectivity index is 1.92. The molecule has 17 heavy (non-hydrogen) atoms. The van der Waals surface area contributed by atoms with Crippen LogP contribution in [0, 0.1) is 16.7 Å². The fourth-order valence-electron chi connectivity index (χ4n) is 2.93. The van der Waals surface area contributed by atoms with Gasteiger partial charge in [-0.2, -0.15) is 0 Å². The maximum atomic E-state index is 3.71. The highest BCUT2D eigenvalue weighted by Gasteiger charge is 2.47. The second-order valence-corrected chi connectivity index (χ2v) is 8.02. The van der Waals surface area contributed by atoms with E-state index in [0.717, 1.165) is 12.5 Å². The van der Waals surface area contributed by atoms with Crippen LogP contribution in [-0.4, -0.2) is 36.6 Å². The Morgan fingerprint density at radius 3 is 2.35 bits per heavy atom. The van der Waals surface area contributed by atoms with Gasteiger partial charge in [0.15, 0.2) is 0 Å². The molecule has 1 heterocycles. The van der Waals surface area contributed by atoms with Crippen LogP contribution in [0.1, 0.15) is 48.0 Å². The molecule has 2 heteroatoms. The lowest BCUT2D eigenvalue weighted by Crippen LogP contribution is -2.59. The third-order valence-corrected chi connectivity index (χ3v) is 4.92. The van der Waals surface area contributed by atoms with Gasteiger partial charge in [-0.15, -0.1) is 0 Å². The van der Waals surface area contributed by atoms with Crippen molar-refractivity contribution < 1.29 is 0 Å². The van der Waals surface area contributed by atoms with Gasteiger partial charge in [-0.1, -0.05) is 34.6 Å². The molecule has 3 atom stereocenters. The number of nitrogens with one attached hydrogen (secondary N) is 1. The second kappa shape index (κ2) is 4.24. The van der Waals surface area contributed by atoms with Crippen molar-refractivity contribution in [2.45, 2.75) is 60.0 Å². The number of hydrogen-bond acceptors (Lipinski definition) is 2. The predicted octanol–water partition coefficient (Wildman–Crippen LogP) is 2.74. The van der Waals surface area contributed by atoms with Crippen molar-refractivity contribution in [2.24, 2.45) is 16.7 Å². The fraction of sp³-hybridized carbons (Fsp3) is 1.00. The summed E-state index contributed by atoms with van der Waals surface area (Å²) >= 11 is 0. The van der Waals surface area contributed by atoms with Crippen LogP contribution in [0.5, 0.6) is 0 Å². The summed E-state index contributed by atoms with van der Waals surface area (Å²) in [6.07, 6.45) is 1.42. The van der Waals surface area contributed by atoms with Crippen molar-refractivity contribution in [3.8, 4) is 0 Å². The third-order valence-electron chi connectivity index (χ3n) is 4.92. The highest BCUT2D eigenvalue weighted by atomic mass is 15.2. The molecule has 0 aromatic heterocycles. The zero-order chi connectivity index (χ0) is 12.8. The first kappa shape index (κ1) is 13.4. The molecule has 0 spiro atoms. The average molecular weight is 238 g/mol. The fourth-order valence-corrected chi connectivity index (χ4v) is 2.93. The van der Waals surface area contributed by atoms with Crippen molar-refractivity contribution in [3.05, 3.63) is 0 Å². The molecule has 1 N–H and O–H groups in total. The molecule has 2 fully saturated rings. The number of rotatable bonds is 2. The molecule has 0 amide bonds. The molecule has 2 aliphatic rings. The molecule has 100 valence electrons. The SMILES string of the molecule is CC1CNC(C(C)(C)C)CN1CC1CC1(C)C. The van der Waals surface area contributed by atoms with Gasteiger partial charge < -0.3 is 5.32 Å².